The number of rotatable bonds is 8. The van der Waals surface area contributed by atoms with E-state index in [0.29, 0.717) is 12.0 Å². The Morgan fingerprint density at radius 1 is 1.13 bits per heavy atom. The van der Waals surface area contributed by atoms with Crippen LogP contribution in [0.1, 0.15) is 51.6 Å². The van der Waals surface area contributed by atoms with Gasteiger partial charge in [0, 0.05) is 49.4 Å². The maximum atomic E-state index is 9.51. The Morgan fingerprint density at radius 3 is 2.83 bits per heavy atom. The van der Waals surface area contributed by atoms with Gasteiger partial charge >= 0.3 is 0 Å². The Balaban J connectivity index is 1.65. The highest BCUT2D eigenvalue weighted by molar-refractivity contribution is 5.84. The monoisotopic (exact) mass is 407 g/mol. The van der Waals surface area contributed by atoms with E-state index >= 15 is 0 Å². The van der Waals surface area contributed by atoms with E-state index in [1.165, 1.54) is 23.7 Å². The van der Waals surface area contributed by atoms with Gasteiger partial charge in [0.15, 0.2) is 0 Å². The van der Waals surface area contributed by atoms with Gasteiger partial charge in [-0.3, -0.25) is 0 Å². The van der Waals surface area contributed by atoms with E-state index in [1.807, 2.05) is 0 Å². The summed E-state index contributed by atoms with van der Waals surface area (Å²) in [5.74, 6) is 1.63. The molecule has 0 radical (unpaired) electrons. The topological polar surface area (TPSA) is 66.2 Å². The van der Waals surface area contributed by atoms with Crippen molar-refractivity contribution in [2.45, 2.75) is 65.0 Å². The largest absolute Gasteiger partial charge is 0.396 e. The quantitative estimate of drug-likeness (QED) is 0.557. The molecular weight excluding hydrogens is 374 g/mol. The second-order valence-electron chi connectivity index (χ2n) is 8.15. The molecule has 1 aromatic carbocycles. The van der Waals surface area contributed by atoms with Crippen LogP contribution < -0.4 is 10.2 Å². The lowest BCUT2D eigenvalue weighted by Gasteiger charge is -2.36. The number of fused-ring (bicyclic) bond motifs is 1. The van der Waals surface area contributed by atoms with Gasteiger partial charge in [0.1, 0.15) is 5.82 Å². The van der Waals surface area contributed by atoms with Crippen LogP contribution in [-0.4, -0.2) is 38.8 Å². The Hall–Kier alpha value is -2.60. The standard InChI is InChI=1S/C24H33N5O/c1-3-7-19-17-23(29-13-6-5-8-21(29)12-15-30)27-24(25-19)26-20-10-9-18-11-14-28(4-2)22(18)16-20/h9-11,14,16-17,21,30H,3-8,12-13,15H2,1-2H3,(H,25,26,27). The van der Waals surface area contributed by atoms with Crippen molar-refractivity contribution in [3.8, 4) is 0 Å². The highest BCUT2D eigenvalue weighted by atomic mass is 16.3. The van der Waals surface area contributed by atoms with Crippen molar-refractivity contribution < 1.29 is 5.11 Å². The van der Waals surface area contributed by atoms with Crippen molar-refractivity contribution in [1.82, 2.24) is 14.5 Å². The predicted molar refractivity (Wildman–Crippen MR) is 124 cm³/mol. The molecule has 0 aliphatic carbocycles. The van der Waals surface area contributed by atoms with Crippen LogP contribution in [0.2, 0.25) is 0 Å². The first-order chi connectivity index (χ1) is 14.7. The first kappa shape index (κ1) is 20.7. The number of piperidine rings is 1. The van der Waals surface area contributed by atoms with Crippen LogP contribution in [-0.2, 0) is 13.0 Å². The van der Waals surface area contributed by atoms with Crippen LogP contribution in [0, 0.1) is 0 Å². The number of aryl methyl sites for hydroxylation is 2. The molecule has 0 saturated carbocycles. The zero-order valence-corrected chi connectivity index (χ0v) is 18.1. The summed E-state index contributed by atoms with van der Waals surface area (Å²) < 4.78 is 2.24. The smallest absolute Gasteiger partial charge is 0.229 e. The van der Waals surface area contributed by atoms with Crippen LogP contribution in [0.3, 0.4) is 0 Å². The number of aliphatic hydroxyl groups is 1. The van der Waals surface area contributed by atoms with Gasteiger partial charge in [-0.2, -0.15) is 4.98 Å². The number of nitrogens with zero attached hydrogens (tertiary/aromatic N) is 4. The molecule has 160 valence electrons. The molecule has 1 fully saturated rings. The van der Waals surface area contributed by atoms with Gasteiger partial charge in [-0.1, -0.05) is 19.4 Å². The zero-order chi connectivity index (χ0) is 20.9. The molecule has 3 aromatic rings. The zero-order valence-electron chi connectivity index (χ0n) is 18.1. The van der Waals surface area contributed by atoms with Gasteiger partial charge in [-0.05, 0) is 62.6 Å². The lowest BCUT2D eigenvalue weighted by molar-refractivity contribution is 0.262. The van der Waals surface area contributed by atoms with E-state index in [0.717, 1.165) is 56.0 Å². The number of hydrogen-bond acceptors (Lipinski definition) is 5. The molecule has 30 heavy (non-hydrogen) atoms. The molecule has 2 aromatic heterocycles. The first-order valence-electron chi connectivity index (χ1n) is 11.3. The molecule has 1 saturated heterocycles. The molecule has 6 nitrogen and oxygen atoms in total. The molecule has 2 N–H and O–H groups in total. The van der Waals surface area contributed by atoms with Gasteiger partial charge in [0.2, 0.25) is 5.95 Å². The normalized spacial score (nSPS) is 16.9. The third-order valence-corrected chi connectivity index (χ3v) is 6.03. The van der Waals surface area contributed by atoms with Gasteiger partial charge in [0.25, 0.3) is 0 Å². The van der Waals surface area contributed by atoms with Crippen molar-refractivity contribution in [2.24, 2.45) is 0 Å². The Kier molecular flexibility index (Phi) is 6.53. The summed E-state index contributed by atoms with van der Waals surface area (Å²) in [6, 6.07) is 11.0. The minimum Gasteiger partial charge on any atom is -0.396 e. The third kappa shape index (κ3) is 4.43. The van der Waals surface area contributed by atoms with Crippen molar-refractivity contribution >= 4 is 28.4 Å². The predicted octanol–water partition coefficient (Wildman–Crippen LogP) is 4.89. The number of aliphatic hydroxyl groups excluding tert-OH is 1. The first-order valence-corrected chi connectivity index (χ1v) is 11.3. The highest BCUT2D eigenvalue weighted by Crippen LogP contribution is 2.28. The Bertz CT molecular complexity index is 981. The number of benzene rings is 1. The molecule has 6 heteroatoms. The van der Waals surface area contributed by atoms with E-state index in [2.05, 4.69) is 65.2 Å². The molecule has 0 bridgehead atoms. The lowest BCUT2D eigenvalue weighted by Crippen LogP contribution is -2.40. The minimum absolute atomic E-state index is 0.219. The fraction of sp³-hybridized carbons (Fsp3) is 0.500. The molecule has 1 atom stereocenters. The number of aromatic nitrogens is 3. The van der Waals surface area contributed by atoms with Crippen LogP contribution in [0.5, 0.6) is 0 Å². The Morgan fingerprint density at radius 2 is 2.03 bits per heavy atom. The van der Waals surface area contributed by atoms with Crippen molar-refractivity contribution in [3.63, 3.8) is 0 Å². The molecule has 4 rings (SSSR count). The molecule has 1 aliphatic rings. The Labute approximate surface area is 179 Å². The van der Waals surface area contributed by atoms with Crippen LogP contribution in [0.4, 0.5) is 17.5 Å². The van der Waals surface area contributed by atoms with Crippen LogP contribution in [0.15, 0.2) is 36.5 Å². The van der Waals surface area contributed by atoms with E-state index in [4.69, 9.17) is 9.97 Å². The van der Waals surface area contributed by atoms with E-state index in [1.54, 1.807) is 0 Å². The van der Waals surface area contributed by atoms with Crippen molar-refractivity contribution in [3.05, 3.63) is 42.2 Å². The summed E-state index contributed by atoms with van der Waals surface area (Å²) in [4.78, 5) is 12.1. The third-order valence-electron chi connectivity index (χ3n) is 6.03. The van der Waals surface area contributed by atoms with E-state index < -0.39 is 0 Å². The van der Waals surface area contributed by atoms with E-state index in [9.17, 15) is 5.11 Å². The maximum Gasteiger partial charge on any atom is 0.229 e. The average Bonchev–Trinajstić information content (AvgIpc) is 3.17. The summed E-state index contributed by atoms with van der Waals surface area (Å²) in [5, 5.41) is 14.2. The fourth-order valence-corrected chi connectivity index (χ4v) is 4.49. The number of nitrogens with one attached hydrogen (secondary N) is 1. The van der Waals surface area contributed by atoms with Crippen LogP contribution in [0.25, 0.3) is 10.9 Å². The number of hydrogen-bond donors (Lipinski definition) is 2. The van der Waals surface area contributed by atoms with Gasteiger partial charge in [0.05, 0.1) is 5.52 Å². The van der Waals surface area contributed by atoms with Gasteiger partial charge in [-0.25, -0.2) is 4.98 Å². The second kappa shape index (κ2) is 9.47. The molecule has 1 aliphatic heterocycles. The van der Waals surface area contributed by atoms with Crippen molar-refractivity contribution in [2.75, 3.05) is 23.4 Å². The molecule has 0 amide bonds. The summed E-state index contributed by atoms with van der Waals surface area (Å²) in [5.41, 5.74) is 3.28. The van der Waals surface area contributed by atoms with Gasteiger partial charge < -0.3 is 19.9 Å². The van der Waals surface area contributed by atoms with Crippen LogP contribution >= 0.6 is 0 Å². The molecule has 0 spiro atoms. The summed E-state index contributed by atoms with van der Waals surface area (Å²) in [7, 11) is 0. The second-order valence-corrected chi connectivity index (χ2v) is 8.15. The highest BCUT2D eigenvalue weighted by Gasteiger charge is 2.24. The van der Waals surface area contributed by atoms with Gasteiger partial charge in [-0.15, -0.1) is 0 Å². The maximum absolute atomic E-state index is 9.51. The summed E-state index contributed by atoms with van der Waals surface area (Å²) in [6.07, 6.45) is 8.40. The molecular formula is C24H33N5O. The van der Waals surface area contributed by atoms with E-state index in [-0.39, 0.29) is 6.61 Å². The fourth-order valence-electron chi connectivity index (χ4n) is 4.49. The SMILES string of the molecule is CCCc1cc(N2CCCCC2CCO)nc(Nc2ccc3ccn(CC)c3c2)n1. The average molecular weight is 408 g/mol. The summed E-state index contributed by atoms with van der Waals surface area (Å²) in [6.45, 7) is 6.49. The number of anilines is 3. The lowest BCUT2D eigenvalue weighted by atomic mass is 9.99. The minimum atomic E-state index is 0.219. The molecule has 3 heterocycles. The summed E-state index contributed by atoms with van der Waals surface area (Å²) >= 11 is 0. The van der Waals surface area contributed by atoms with Crippen molar-refractivity contribution in [1.29, 1.82) is 0 Å². The molecule has 1 unspecified atom stereocenters.